The molecular weight excluding hydrogens is 294 g/mol. The van der Waals surface area contributed by atoms with Crippen molar-refractivity contribution in [2.75, 3.05) is 6.54 Å². The first-order valence-corrected chi connectivity index (χ1v) is 6.90. The Morgan fingerprint density at radius 2 is 1.73 bits per heavy atom. The highest BCUT2D eigenvalue weighted by molar-refractivity contribution is 5.89. The van der Waals surface area contributed by atoms with Crippen molar-refractivity contribution < 1.29 is 29.4 Å². The van der Waals surface area contributed by atoms with Crippen LogP contribution in [-0.4, -0.2) is 52.6 Å². The van der Waals surface area contributed by atoms with Gasteiger partial charge in [0.15, 0.2) is 0 Å². The fourth-order valence-electron chi connectivity index (χ4n) is 1.68. The zero-order valence-corrected chi connectivity index (χ0v) is 12.7. The van der Waals surface area contributed by atoms with Crippen molar-refractivity contribution in [3.8, 4) is 0 Å². The summed E-state index contributed by atoms with van der Waals surface area (Å²) in [4.78, 5) is 44.5. The minimum Gasteiger partial charge on any atom is -0.481 e. The van der Waals surface area contributed by atoms with E-state index >= 15 is 0 Å². The molecule has 0 fully saturated rings. The van der Waals surface area contributed by atoms with Crippen LogP contribution >= 0.6 is 0 Å². The van der Waals surface area contributed by atoms with E-state index in [-0.39, 0.29) is 18.8 Å². The monoisotopic (exact) mass is 317 g/mol. The maximum absolute atomic E-state index is 11.6. The third kappa shape index (κ3) is 8.90. The number of carboxylic acid groups (broad SMARTS) is 2. The Hall–Kier alpha value is -2.16. The quantitative estimate of drug-likeness (QED) is 0.342. The second kappa shape index (κ2) is 9.72. The number of carboxylic acids is 2. The lowest BCUT2D eigenvalue weighted by atomic mass is 10.0. The van der Waals surface area contributed by atoms with Crippen molar-refractivity contribution in [3.63, 3.8) is 0 Å². The molecule has 2 amide bonds. The predicted molar refractivity (Wildman–Crippen MR) is 76.9 cm³/mol. The summed E-state index contributed by atoms with van der Waals surface area (Å²) in [6.45, 7) is 3.39. The molecule has 9 heteroatoms. The molecule has 0 unspecified atom stereocenters. The maximum atomic E-state index is 11.6. The van der Waals surface area contributed by atoms with Crippen LogP contribution in [0, 0.1) is 5.92 Å². The molecule has 0 rings (SSSR count). The Morgan fingerprint density at radius 3 is 2.18 bits per heavy atom. The first kappa shape index (κ1) is 19.8. The van der Waals surface area contributed by atoms with Crippen LogP contribution in [0.3, 0.4) is 0 Å². The molecule has 0 aliphatic heterocycles. The van der Waals surface area contributed by atoms with E-state index in [9.17, 15) is 19.2 Å². The van der Waals surface area contributed by atoms with Gasteiger partial charge in [0.05, 0.1) is 12.6 Å². The van der Waals surface area contributed by atoms with Gasteiger partial charge in [-0.2, -0.15) is 0 Å². The van der Waals surface area contributed by atoms with E-state index in [1.165, 1.54) is 0 Å². The van der Waals surface area contributed by atoms with E-state index in [1.807, 2.05) is 13.8 Å². The minimum absolute atomic E-state index is 0.224. The zero-order chi connectivity index (χ0) is 17.3. The van der Waals surface area contributed by atoms with Gasteiger partial charge in [0.1, 0.15) is 6.04 Å². The largest absolute Gasteiger partial charge is 0.481 e. The topological polar surface area (TPSA) is 159 Å². The minimum atomic E-state index is -1.34. The Labute approximate surface area is 128 Å². The number of carbonyl (C=O) groups excluding carboxylic acids is 2. The molecule has 0 saturated heterocycles. The highest BCUT2D eigenvalue weighted by Crippen LogP contribution is 2.02. The molecule has 0 aliphatic rings. The van der Waals surface area contributed by atoms with E-state index in [0.29, 0.717) is 6.42 Å². The van der Waals surface area contributed by atoms with Crippen LogP contribution in [0.15, 0.2) is 0 Å². The van der Waals surface area contributed by atoms with E-state index in [1.54, 1.807) is 0 Å². The molecule has 6 N–H and O–H groups in total. The molecule has 9 nitrogen and oxygen atoms in total. The van der Waals surface area contributed by atoms with Gasteiger partial charge in [0.2, 0.25) is 11.8 Å². The van der Waals surface area contributed by atoms with Gasteiger partial charge >= 0.3 is 11.9 Å². The lowest BCUT2D eigenvalue weighted by Gasteiger charge is -2.16. The molecule has 2 atom stereocenters. The predicted octanol–water partition coefficient (Wildman–Crippen LogP) is -1.09. The normalized spacial score (nSPS) is 13.3. The molecule has 0 spiro atoms. The van der Waals surface area contributed by atoms with Crippen LogP contribution in [0.1, 0.15) is 33.1 Å². The van der Waals surface area contributed by atoms with Crippen molar-refractivity contribution in [1.82, 2.24) is 10.6 Å². The fourth-order valence-corrected chi connectivity index (χ4v) is 1.68. The summed E-state index contributed by atoms with van der Waals surface area (Å²) >= 11 is 0. The van der Waals surface area contributed by atoms with Gasteiger partial charge in [0.25, 0.3) is 0 Å². The SMILES string of the molecule is CC(C)C[C@H](N)C(=O)NCC(=O)N[C@@H](CCC(=O)O)C(=O)O. The van der Waals surface area contributed by atoms with Gasteiger partial charge in [-0.15, -0.1) is 0 Å². The lowest BCUT2D eigenvalue weighted by Crippen LogP contribution is -2.48. The summed E-state index contributed by atoms with van der Waals surface area (Å²) in [6.07, 6.45) is -0.163. The van der Waals surface area contributed by atoms with Crippen molar-refractivity contribution in [1.29, 1.82) is 0 Å². The third-order valence-corrected chi connectivity index (χ3v) is 2.77. The van der Waals surface area contributed by atoms with Crippen LogP contribution in [0.2, 0.25) is 0 Å². The highest BCUT2D eigenvalue weighted by atomic mass is 16.4. The van der Waals surface area contributed by atoms with Gasteiger partial charge in [-0.05, 0) is 18.8 Å². The summed E-state index contributed by atoms with van der Waals surface area (Å²) in [7, 11) is 0. The number of nitrogens with one attached hydrogen (secondary N) is 2. The lowest BCUT2D eigenvalue weighted by molar-refractivity contribution is -0.143. The van der Waals surface area contributed by atoms with Gasteiger partial charge in [-0.1, -0.05) is 13.8 Å². The molecule has 0 aliphatic carbocycles. The number of hydrogen-bond donors (Lipinski definition) is 5. The summed E-state index contributed by atoms with van der Waals surface area (Å²) in [5, 5.41) is 21.9. The number of amides is 2. The molecule has 126 valence electrons. The standard InChI is InChI=1S/C13H23N3O6/c1-7(2)5-8(14)12(20)15-6-10(17)16-9(13(21)22)3-4-11(18)19/h7-9H,3-6,14H2,1-2H3,(H,15,20)(H,16,17)(H,18,19)(H,21,22)/t8-,9-/m0/s1. The Bertz CT molecular complexity index is 424. The Kier molecular flexibility index (Phi) is 8.76. The molecule has 22 heavy (non-hydrogen) atoms. The summed E-state index contributed by atoms with van der Waals surface area (Å²) < 4.78 is 0. The summed E-state index contributed by atoms with van der Waals surface area (Å²) in [5.41, 5.74) is 5.63. The Morgan fingerprint density at radius 1 is 1.14 bits per heavy atom. The second-order valence-electron chi connectivity index (χ2n) is 5.34. The summed E-state index contributed by atoms with van der Waals surface area (Å²) in [5.74, 6) is -3.49. The number of rotatable bonds is 10. The van der Waals surface area contributed by atoms with Crippen LogP contribution in [0.25, 0.3) is 0 Å². The molecule has 0 aromatic rings. The first-order chi connectivity index (χ1) is 10.1. The number of hydrogen-bond acceptors (Lipinski definition) is 5. The third-order valence-electron chi connectivity index (χ3n) is 2.77. The van der Waals surface area contributed by atoms with Gasteiger partial charge < -0.3 is 26.6 Å². The van der Waals surface area contributed by atoms with Crippen LogP contribution in [0.5, 0.6) is 0 Å². The number of nitrogens with two attached hydrogens (primary N) is 1. The van der Waals surface area contributed by atoms with Crippen LogP contribution < -0.4 is 16.4 Å². The average Bonchev–Trinajstić information content (AvgIpc) is 2.39. The van der Waals surface area contributed by atoms with Gasteiger partial charge in [-0.3, -0.25) is 14.4 Å². The molecule has 0 aromatic heterocycles. The van der Waals surface area contributed by atoms with E-state index in [2.05, 4.69) is 10.6 Å². The Balaban J connectivity index is 4.26. The smallest absolute Gasteiger partial charge is 0.326 e. The van der Waals surface area contributed by atoms with Gasteiger partial charge in [0, 0.05) is 6.42 Å². The number of carbonyl (C=O) groups is 4. The van der Waals surface area contributed by atoms with E-state index in [0.717, 1.165) is 0 Å². The molecule has 0 saturated carbocycles. The second-order valence-corrected chi connectivity index (χ2v) is 5.34. The number of aliphatic carboxylic acids is 2. The van der Waals surface area contributed by atoms with Crippen molar-refractivity contribution in [2.45, 2.75) is 45.2 Å². The zero-order valence-electron chi connectivity index (χ0n) is 12.7. The molecule has 0 radical (unpaired) electrons. The van der Waals surface area contributed by atoms with Crippen molar-refractivity contribution in [3.05, 3.63) is 0 Å². The molecule has 0 aromatic carbocycles. The van der Waals surface area contributed by atoms with Gasteiger partial charge in [-0.25, -0.2) is 4.79 Å². The first-order valence-electron chi connectivity index (χ1n) is 6.90. The molecule has 0 heterocycles. The molecular formula is C13H23N3O6. The maximum Gasteiger partial charge on any atom is 0.326 e. The van der Waals surface area contributed by atoms with Crippen molar-refractivity contribution in [2.24, 2.45) is 11.7 Å². The highest BCUT2D eigenvalue weighted by Gasteiger charge is 2.22. The fraction of sp³-hybridized carbons (Fsp3) is 0.692. The summed E-state index contributed by atoms with van der Waals surface area (Å²) in [6, 6.07) is -2.06. The van der Waals surface area contributed by atoms with Crippen LogP contribution in [-0.2, 0) is 19.2 Å². The van der Waals surface area contributed by atoms with E-state index < -0.39 is 42.4 Å². The average molecular weight is 317 g/mol. The van der Waals surface area contributed by atoms with Crippen LogP contribution in [0.4, 0.5) is 0 Å². The van der Waals surface area contributed by atoms with E-state index in [4.69, 9.17) is 15.9 Å². The van der Waals surface area contributed by atoms with Crippen molar-refractivity contribution >= 4 is 23.8 Å². The molecule has 0 bridgehead atoms.